The molecule has 0 heterocycles. The van der Waals surface area contributed by atoms with Gasteiger partial charge < -0.3 is 10.4 Å². The Labute approximate surface area is 242 Å². The Morgan fingerprint density at radius 2 is 1.59 bits per heavy atom. The molecule has 0 amide bonds. The maximum Gasteiger partial charge on any atom is 0.175 e. The SMILES string of the molecule is CC1CC2[C@@]3(C)CC[C@H](C)C(C)(C)C3CC[C@@]2(C)[C@]2(C)CCC(C(C)(C)CCCN[C@H](C(=O)CO)C(C)C)[C@@H]12. The van der Waals surface area contributed by atoms with Crippen molar-refractivity contribution in [1.29, 1.82) is 0 Å². The third-order valence-electron chi connectivity index (χ3n) is 14.8. The summed E-state index contributed by atoms with van der Waals surface area (Å²) in [6, 6.07) is -0.229. The fourth-order valence-electron chi connectivity index (χ4n) is 12.1. The molecule has 0 aromatic carbocycles. The molecule has 3 nitrogen and oxygen atoms in total. The van der Waals surface area contributed by atoms with Gasteiger partial charge in [-0.3, -0.25) is 4.79 Å². The normalized spacial score (nSPS) is 44.4. The number of carbonyl (C=O) groups is 1. The summed E-state index contributed by atoms with van der Waals surface area (Å²) in [4.78, 5) is 12.2. The van der Waals surface area contributed by atoms with Gasteiger partial charge in [0.05, 0.1) is 6.04 Å². The predicted octanol–water partition coefficient (Wildman–Crippen LogP) is 8.54. The Kier molecular flexibility index (Phi) is 8.65. The minimum Gasteiger partial charge on any atom is -0.389 e. The third-order valence-corrected chi connectivity index (χ3v) is 14.8. The number of nitrogens with one attached hydrogen (secondary N) is 1. The second kappa shape index (κ2) is 10.7. The highest BCUT2D eigenvalue weighted by Crippen LogP contribution is 2.77. The van der Waals surface area contributed by atoms with Gasteiger partial charge in [-0.05, 0) is 133 Å². The number of rotatable bonds is 9. The van der Waals surface area contributed by atoms with E-state index < -0.39 is 0 Å². The Bertz CT molecular complexity index is 892. The molecule has 0 radical (unpaired) electrons. The van der Waals surface area contributed by atoms with E-state index >= 15 is 0 Å². The summed E-state index contributed by atoms with van der Waals surface area (Å²) < 4.78 is 0. The topological polar surface area (TPSA) is 49.3 Å². The van der Waals surface area contributed by atoms with Crippen LogP contribution in [-0.4, -0.2) is 30.1 Å². The summed E-state index contributed by atoms with van der Waals surface area (Å²) in [5, 5.41) is 12.9. The number of aliphatic hydroxyl groups excluding tert-OH is 1. The molecule has 2 N–H and O–H groups in total. The highest BCUT2D eigenvalue weighted by Gasteiger charge is 2.70. The number of aliphatic hydroxyl groups is 1. The van der Waals surface area contributed by atoms with E-state index in [2.05, 4.69) is 81.5 Å². The van der Waals surface area contributed by atoms with Crippen LogP contribution in [0, 0.1) is 68.5 Å². The summed E-state index contributed by atoms with van der Waals surface area (Å²) >= 11 is 0. The molecule has 0 bridgehead atoms. The van der Waals surface area contributed by atoms with Crippen LogP contribution < -0.4 is 5.32 Å². The van der Waals surface area contributed by atoms with E-state index in [9.17, 15) is 9.90 Å². The van der Waals surface area contributed by atoms with Crippen molar-refractivity contribution in [2.75, 3.05) is 13.2 Å². The summed E-state index contributed by atoms with van der Waals surface area (Å²) in [5.74, 6) is 5.09. The van der Waals surface area contributed by atoms with E-state index in [0.29, 0.717) is 27.1 Å². The zero-order chi connectivity index (χ0) is 29.2. The van der Waals surface area contributed by atoms with Gasteiger partial charge in [0.2, 0.25) is 0 Å². The second-order valence-corrected chi connectivity index (χ2v) is 17.5. The van der Waals surface area contributed by atoms with Crippen LogP contribution in [0.5, 0.6) is 0 Å². The lowest BCUT2D eigenvalue weighted by atomic mass is 9.34. The van der Waals surface area contributed by atoms with Gasteiger partial charge in [-0.25, -0.2) is 0 Å². The molecule has 4 rings (SSSR count). The van der Waals surface area contributed by atoms with Crippen LogP contribution in [0.4, 0.5) is 0 Å². The van der Waals surface area contributed by atoms with Gasteiger partial charge in [-0.2, -0.15) is 0 Å². The van der Waals surface area contributed by atoms with Crippen LogP contribution in [0.2, 0.25) is 0 Å². The number of hydrogen-bond acceptors (Lipinski definition) is 3. The Hall–Kier alpha value is -0.410. The zero-order valence-corrected chi connectivity index (χ0v) is 27.8. The first-order valence-electron chi connectivity index (χ1n) is 16.8. The molecular formula is C36H65NO2. The molecule has 226 valence electrons. The minimum atomic E-state index is -0.363. The van der Waals surface area contributed by atoms with Crippen molar-refractivity contribution < 1.29 is 9.90 Å². The molecule has 39 heavy (non-hydrogen) atoms. The lowest BCUT2D eigenvalue weighted by Crippen LogP contribution is -2.64. The first-order valence-corrected chi connectivity index (χ1v) is 16.8. The molecule has 0 aromatic rings. The van der Waals surface area contributed by atoms with E-state index in [1.807, 2.05) is 0 Å². The van der Waals surface area contributed by atoms with Crippen LogP contribution >= 0.6 is 0 Å². The van der Waals surface area contributed by atoms with Gasteiger partial charge in [0.25, 0.3) is 0 Å². The van der Waals surface area contributed by atoms with Crippen molar-refractivity contribution in [1.82, 2.24) is 5.32 Å². The molecule has 0 aromatic heterocycles. The molecule has 4 saturated carbocycles. The van der Waals surface area contributed by atoms with Crippen molar-refractivity contribution in [3.63, 3.8) is 0 Å². The molecule has 4 fully saturated rings. The quantitative estimate of drug-likeness (QED) is 0.286. The molecular weight excluding hydrogens is 478 g/mol. The van der Waals surface area contributed by atoms with E-state index in [1.165, 1.54) is 51.4 Å². The van der Waals surface area contributed by atoms with Crippen LogP contribution in [0.3, 0.4) is 0 Å². The first-order chi connectivity index (χ1) is 18.0. The lowest BCUT2D eigenvalue weighted by molar-refractivity contribution is -0.225. The zero-order valence-electron chi connectivity index (χ0n) is 27.8. The van der Waals surface area contributed by atoms with Gasteiger partial charge in [0, 0.05) is 0 Å². The van der Waals surface area contributed by atoms with Gasteiger partial charge in [0.15, 0.2) is 5.78 Å². The van der Waals surface area contributed by atoms with E-state index in [4.69, 9.17) is 0 Å². The average Bonchev–Trinajstić information content (AvgIpc) is 3.23. The standard InChI is InChI=1S/C36H65NO2/c1-23(2)31(27(39)22-38)37-20-12-16-32(5,6)26-14-18-36(11)30(26)24(3)21-29-34(9)17-13-25(4)33(7,8)28(34)15-19-35(29,36)10/h23-26,28-31,37-38H,12-22H2,1-11H3/t24?,25-,26?,28?,29?,30+,31-,34-,35+,36+/m0/s1. The predicted molar refractivity (Wildman–Crippen MR) is 164 cm³/mol. The van der Waals surface area contributed by atoms with Crippen molar-refractivity contribution in [3.05, 3.63) is 0 Å². The number of hydrogen-bond donors (Lipinski definition) is 2. The number of ketones is 1. The third kappa shape index (κ3) is 4.90. The maximum atomic E-state index is 12.2. The number of Topliss-reactive ketones (excluding diaryl/α,β-unsaturated/α-hetero) is 1. The van der Waals surface area contributed by atoms with Crippen molar-refractivity contribution >= 4 is 5.78 Å². The summed E-state index contributed by atoms with van der Waals surface area (Å²) in [6.07, 6.45) is 12.2. The fraction of sp³-hybridized carbons (Fsp3) is 0.972. The number of fused-ring (bicyclic) bond motifs is 5. The summed E-state index contributed by atoms with van der Waals surface area (Å²) in [5.41, 5.74) is 2.14. The van der Waals surface area contributed by atoms with Gasteiger partial charge in [-0.1, -0.05) is 76.2 Å². The number of carbonyl (C=O) groups excluding carboxylic acids is 1. The average molecular weight is 544 g/mol. The smallest absolute Gasteiger partial charge is 0.175 e. The highest BCUT2D eigenvalue weighted by atomic mass is 16.3. The molecule has 0 spiro atoms. The summed E-state index contributed by atoms with van der Waals surface area (Å²) in [7, 11) is 0. The molecule has 3 heteroatoms. The molecule has 0 aliphatic heterocycles. The molecule has 0 saturated heterocycles. The monoisotopic (exact) mass is 544 g/mol. The minimum absolute atomic E-state index is 0.0751. The van der Waals surface area contributed by atoms with Crippen molar-refractivity contribution in [3.8, 4) is 0 Å². The Balaban J connectivity index is 1.50. The summed E-state index contributed by atoms with van der Waals surface area (Å²) in [6.45, 7) is 28.3. The largest absolute Gasteiger partial charge is 0.389 e. The van der Waals surface area contributed by atoms with Crippen LogP contribution in [0.15, 0.2) is 0 Å². The first kappa shape index (κ1) is 31.5. The lowest BCUT2D eigenvalue weighted by Gasteiger charge is -2.71. The molecule has 4 aliphatic rings. The van der Waals surface area contributed by atoms with Crippen LogP contribution in [-0.2, 0) is 4.79 Å². The Morgan fingerprint density at radius 1 is 0.949 bits per heavy atom. The molecule has 10 atom stereocenters. The van der Waals surface area contributed by atoms with Crippen molar-refractivity contribution in [2.45, 2.75) is 140 Å². The van der Waals surface area contributed by atoms with E-state index in [-0.39, 0.29) is 24.3 Å². The van der Waals surface area contributed by atoms with E-state index in [1.54, 1.807) is 0 Å². The fourth-order valence-corrected chi connectivity index (χ4v) is 12.1. The van der Waals surface area contributed by atoms with Gasteiger partial charge in [0.1, 0.15) is 6.61 Å². The van der Waals surface area contributed by atoms with Gasteiger partial charge in [-0.15, -0.1) is 0 Å². The van der Waals surface area contributed by atoms with Crippen LogP contribution in [0.25, 0.3) is 0 Å². The van der Waals surface area contributed by atoms with Crippen LogP contribution in [0.1, 0.15) is 134 Å². The second-order valence-electron chi connectivity index (χ2n) is 17.5. The molecule has 4 aliphatic carbocycles. The van der Waals surface area contributed by atoms with Crippen molar-refractivity contribution in [2.24, 2.45) is 68.5 Å². The maximum absolute atomic E-state index is 12.2. The highest BCUT2D eigenvalue weighted by molar-refractivity contribution is 5.85. The molecule has 4 unspecified atom stereocenters. The Morgan fingerprint density at radius 3 is 2.21 bits per heavy atom. The van der Waals surface area contributed by atoms with Gasteiger partial charge >= 0.3 is 0 Å². The van der Waals surface area contributed by atoms with E-state index in [0.717, 1.165) is 48.5 Å².